The fourth-order valence-corrected chi connectivity index (χ4v) is 9.39. The predicted octanol–water partition coefficient (Wildman–Crippen LogP) is -3.38. The molecule has 0 spiro atoms. The van der Waals surface area contributed by atoms with Crippen molar-refractivity contribution in [2.24, 2.45) is 33.8 Å². The maximum Gasteiger partial charge on any atom is 0.326 e. The maximum atomic E-state index is 14.3. The normalized spacial score (nSPS) is 16.4. The second-order valence-electron chi connectivity index (χ2n) is 21.2. The molecule has 20 N–H and O–H groups in total. The van der Waals surface area contributed by atoms with Crippen molar-refractivity contribution in [2.75, 3.05) is 31.6 Å². The quantitative estimate of drug-likeness (QED) is 0.0173. The molecule has 85 heavy (non-hydrogen) atoms. The minimum Gasteiger partial charge on any atom is -0.481 e. The molecule has 1 aliphatic heterocycles. The number of hydrogen-bond acceptors (Lipinski definition) is 17. The first-order chi connectivity index (χ1) is 40.1. The summed E-state index contributed by atoms with van der Waals surface area (Å²) in [5.41, 5.74) is 23.0. The van der Waals surface area contributed by atoms with Crippen molar-refractivity contribution < 1.29 is 78.0 Å². The summed E-state index contributed by atoms with van der Waals surface area (Å²) in [6.45, 7) is 6.32. The molecule has 0 radical (unpaired) electrons. The maximum absolute atomic E-state index is 14.3. The Morgan fingerprint density at radius 2 is 1.18 bits per heavy atom. The largest absolute Gasteiger partial charge is 0.481 e. The van der Waals surface area contributed by atoms with E-state index in [0.29, 0.717) is 30.6 Å². The second kappa shape index (κ2) is 38.3. The van der Waals surface area contributed by atoms with Crippen molar-refractivity contribution in [3.63, 3.8) is 0 Å². The van der Waals surface area contributed by atoms with Gasteiger partial charge in [0, 0.05) is 32.4 Å². The van der Waals surface area contributed by atoms with Gasteiger partial charge in [-0.25, -0.2) is 4.79 Å². The monoisotopic (exact) mass is 1220 g/mol. The number of carbonyl (C=O) groups is 12. The van der Waals surface area contributed by atoms with Crippen molar-refractivity contribution in [3.05, 3.63) is 35.9 Å². The van der Waals surface area contributed by atoms with E-state index in [1.54, 1.807) is 50.4 Å². The van der Waals surface area contributed by atoms with Crippen molar-refractivity contribution >= 4 is 88.8 Å². The fraction of sp³-hybridized carbons (Fsp3) is 0.648. The van der Waals surface area contributed by atoms with E-state index < -0.39 is 157 Å². The number of carboxylic acid groups (broad SMARTS) is 3. The third-order valence-corrected chi connectivity index (χ3v) is 14.2. The number of aliphatic carboxylic acids is 3. The average molecular weight is 1220 g/mol. The molecule has 11 atom stereocenters. The molecular weight excluding hydrogens is 1130 g/mol. The van der Waals surface area contributed by atoms with Gasteiger partial charge in [0.05, 0.1) is 12.1 Å². The highest BCUT2D eigenvalue weighted by atomic mass is 32.2. The van der Waals surface area contributed by atoms with Crippen molar-refractivity contribution in [2.45, 2.75) is 184 Å². The number of rotatable bonds is 40. The fourth-order valence-electron chi connectivity index (χ4n) is 8.92. The smallest absolute Gasteiger partial charge is 0.326 e. The van der Waals surface area contributed by atoms with Gasteiger partial charge < -0.3 is 90.8 Å². The summed E-state index contributed by atoms with van der Waals surface area (Å²) in [4.78, 5) is 165. The number of aliphatic hydroxyl groups excluding tert-OH is 1. The van der Waals surface area contributed by atoms with Crippen LogP contribution in [-0.2, 0) is 64.0 Å². The van der Waals surface area contributed by atoms with E-state index in [0.717, 1.165) is 0 Å². The number of carbonyl (C=O) groups excluding carboxylic acids is 9. The number of hydrogen-bond donors (Lipinski definition) is 16. The van der Waals surface area contributed by atoms with Crippen LogP contribution in [-0.4, -0.2) is 201 Å². The minimum atomic E-state index is -1.78. The van der Waals surface area contributed by atoms with Crippen LogP contribution >= 0.6 is 11.8 Å². The van der Waals surface area contributed by atoms with Crippen LogP contribution in [0.1, 0.15) is 117 Å². The summed E-state index contributed by atoms with van der Waals surface area (Å²) in [5, 5.41) is 59.6. The zero-order chi connectivity index (χ0) is 63.9. The lowest BCUT2D eigenvalue weighted by Gasteiger charge is -2.31. The molecule has 0 unspecified atom stereocenters. The highest BCUT2D eigenvalue weighted by Gasteiger charge is 2.41. The number of nitrogens with one attached hydrogen (secondary N) is 8. The predicted molar refractivity (Wildman–Crippen MR) is 312 cm³/mol. The molecule has 30 nitrogen and oxygen atoms in total. The first-order valence-electron chi connectivity index (χ1n) is 28.2. The summed E-state index contributed by atoms with van der Waals surface area (Å²) >= 11 is 1.33. The van der Waals surface area contributed by atoms with Crippen LogP contribution in [0.2, 0.25) is 0 Å². The molecule has 1 fully saturated rings. The molecule has 0 bridgehead atoms. The highest BCUT2D eigenvalue weighted by molar-refractivity contribution is 7.98. The summed E-state index contributed by atoms with van der Waals surface area (Å²) in [7, 11) is 0. The average Bonchev–Trinajstić information content (AvgIpc) is 4.23. The number of nitrogens with two attached hydrogens (primary N) is 4. The molecule has 0 saturated carbocycles. The Morgan fingerprint density at radius 1 is 0.635 bits per heavy atom. The SMILES string of the molecule is CSCC[C@H](NC(=O)[C@H](CCC(=O)O)NC(=O)[C@H](C)NC(=O)[C@H](CCCCN)NC(=O)[C@@H](NC(=O)[C@H](Cc1ccccc1)NC(=O)[C@@H]1CCCN1C(=O)[C@H](CCC(=O)O)NC(=O)[C@@H](N)CCCN=C(N)N)[C@@H](C)O)C(=O)N[C@@H](CC(C)C)C(=O)O. The molecule has 0 aliphatic carbocycles. The van der Waals surface area contributed by atoms with Gasteiger partial charge in [-0.2, -0.15) is 11.8 Å². The molecule has 31 heteroatoms. The van der Waals surface area contributed by atoms with Gasteiger partial charge in [-0.05, 0) is 115 Å². The van der Waals surface area contributed by atoms with Gasteiger partial charge in [0.2, 0.25) is 53.2 Å². The van der Waals surface area contributed by atoms with Gasteiger partial charge in [0.15, 0.2) is 5.96 Å². The van der Waals surface area contributed by atoms with E-state index in [1.165, 1.54) is 30.5 Å². The molecule has 1 heterocycles. The van der Waals surface area contributed by atoms with Crippen LogP contribution in [0, 0.1) is 5.92 Å². The Bertz CT molecular complexity index is 2450. The third kappa shape index (κ3) is 27.3. The Hall–Kier alpha value is -7.64. The summed E-state index contributed by atoms with van der Waals surface area (Å²) in [5.74, 6) is -11.9. The van der Waals surface area contributed by atoms with Crippen LogP contribution in [0.25, 0.3) is 0 Å². The van der Waals surface area contributed by atoms with Crippen molar-refractivity contribution in [3.8, 4) is 0 Å². The molecule has 1 aromatic carbocycles. The standard InChI is InChI=1S/C54H88N14O16S/c1-29(2)27-39(53(83)84)66-48(78)36(22-26-85-5)62-47(77)35(18-20-41(70)71)61-44(74)30(3)60-46(76)34(16-9-10-23-55)63-51(81)43(31(4)69)67-49(79)38(28-32-13-7-6-8-14-32)65-50(80)40-17-12-25-68(40)52(82)37(19-21-42(72)73)64-45(75)33(56)15-11-24-59-54(57)58/h6-8,13-14,29-31,33-40,43,69H,9-12,15-28,55-56H2,1-5H3,(H,60,76)(H,61,74)(H,62,77)(H,63,81)(H,64,75)(H,65,80)(H,66,78)(H,67,79)(H,70,71)(H,72,73)(H,83,84)(H4,57,58,59)/t30-,31+,33-,34-,35-,36-,37-,38-,39-,40-,43-/m0/s1. The lowest BCUT2D eigenvalue weighted by Crippen LogP contribution is -2.62. The van der Waals surface area contributed by atoms with Crippen LogP contribution in [0.5, 0.6) is 0 Å². The van der Waals surface area contributed by atoms with Crippen molar-refractivity contribution in [1.82, 2.24) is 47.4 Å². The molecule has 1 aromatic rings. The molecule has 476 valence electrons. The lowest BCUT2D eigenvalue weighted by atomic mass is 10.0. The molecular formula is C54H88N14O16S. The van der Waals surface area contributed by atoms with E-state index in [9.17, 15) is 78.0 Å². The minimum absolute atomic E-state index is 0.0208. The number of benzene rings is 1. The number of aliphatic hydroxyl groups is 1. The summed E-state index contributed by atoms with van der Waals surface area (Å²) in [6.07, 6.45) is -0.537. The number of likely N-dealkylation sites (tertiary alicyclic amines) is 1. The Kier molecular flexibility index (Phi) is 33.1. The summed E-state index contributed by atoms with van der Waals surface area (Å²) < 4.78 is 0. The number of thioether (sulfide) groups is 1. The topological polar surface area (TPSA) is 502 Å². The van der Waals surface area contributed by atoms with Gasteiger partial charge in [-0.15, -0.1) is 0 Å². The number of nitrogens with zero attached hydrogens (tertiary/aromatic N) is 2. The molecule has 9 amide bonds. The van der Waals surface area contributed by atoms with Crippen LogP contribution < -0.4 is 65.5 Å². The number of unbranched alkanes of at least 4 members (excludes halogenated alkanes) is 1. The van der Waals surface area contributed by atoms with E-state index >= 15 is 0 Å². The van der Waals surface area contributed by atoms with Gasteiger partial charge in [0.25, 0.3) is 0 Å². The van der Waals surface area contributed by atoms with Gasteiger partial charge in [0.1, 0.15) is 54.4 Å². The molecule has 0 aromatic heterocycles. The van der Waals surface area contributed by atoms with E-state index in [2.05, 4.69) is 47.5 Å². The lowest BCUT2D eigenvalue weighted by molar-refractivity contribution is -0.143. The molecule has 1 saturated heterocycles. The van der Waals surface area contributed by atoms with Crippen molar-refractivity contribution in [1.29, 1.82) is 0 Å². The number of carboxylic acids is 3. The highest BCUT2D eigenvalue weighted by Crippen LogP contribution is 2.21. The molecule has 1 aliphatic rings. The number of aliphatic imine (C=N–C) groups is 1. The Balaban J connectivity index is 2.37. The van der Waals surface area contributed by atoms with Crippen LogP contribution in [0.15, 0.2) is 35.3 Å². The van der Waals surface area contributed by atoms with Crippen LogP contribution in [0.4, 0.5) is 0 Å². The molecule has 2 rings (SSSR count). The second-order valence-corrected chi connectivity index (χ2v) is 22.1. The zero-order valence-electron chi connectivity index (χ0n) is 48.8. The van der Waals surface area contributed by atoms with E-state index in [-0.39, 0.29) is 82.9 Å². The van der Waals surface area contributed by atoms with E-state index in [4.69, 9.17) is 22.9 Å². The zero-order valence-corrected chi connectivity index (χ0v) is 49.7. The summed E-state index contributed by atoms with van der Waals surface area (Å²) in [6, 6.07) is -5.67. The Morgan fingerprint density at radius 3 is 1.74 bits per heavy atom. The number of guanidine groups is 1. The Labute approximate surface area is 498 Å². The third-order valence-electron chi connectivity index (χ3n) is 13.6. The first kappa shape index (κ1) is 73.5. The van der Waals surface area contributed by atoms with Gasteiger partial charge in [-0.3, -0.25) is 57.7 Å². The van der Waals surface area contributed by atoms with Crippen LogP contribution in [0.3, 0.4) is 0 Å². The first-order valence-corrected chi connectivity index (χ1v) is 29.6. The van der Waals surface area contributed by atoms with Gasteiger partial charge >= 0.3 is 17.9 Å². The van der Waals surface area contributed by atoms with Gasteiger partial charge in [-0.1, -0.05) is 44.2 Å². The number of amides is 9. The van der Waals surface area contributed by atoms with E-state index in [1.807, 2.05) is 0 Å².